The van der Waals surface area contributed by atoms with E-state index in [-0.39, 0.29) is 47.8 Å². The van der Waals surface area contributed by atoms with Crippen LogP contribution in [0.2, 0.25) is 0 Å². The summed E-state index contributed by atoms with van der Waals surface area (Å²) in [7, 11) is 1.78. The van der Waals surface area contributed by atoms with E-state index >= 15 is 0 Å². The standard InChI is InChI=1S/C24H33N3O5/c1-15-12-27(16(2)14-28)23(30)19-10-17(8-9-24(3,4)31)11-25-21(19)32-20(15)13-26(5)22(29)18-6-7-18/h10-11,15-16,18,20,28,31H,6-7,12-14H2,1-5H3/t15-,16+,20-/m1/s1. The summed E-state index contributed by atoms with van der Waals surface area (Å²) in [5, 5.41) is 19.6. The van der Waals surface area contributed by atoms with Gasteiger partial charge in [0, 0.05) is 37.2 Å². The Morgan fingerprint density at radius 3 is 2.72 bits per heavy atom. The van der Waals surface area contributed by atoms with Crippen LogP contribution >= 0.6 is 0 Å². The highest BCUT2D eigenvalue weighted by Crippen LogP contribution is 2.32. The molecule has 1 aliphatic carbocycles. The monoisotopic (exact) mass is 443 g/mol. The summed E-state index contributed by atoms with van der Waals surface area (Å²) >= 11 is 0. The number of pyridine rings is 1. The molecule has 1 aromatic rings. The molecule has 1 fully saturated rings. The summed E-state index contributed by atoms with van der Waals surface area (Å²) in [6.45, 7) is 7.49. The Bertz CT molecular complexity index is 926. The molecule has 32 heavy (non-hydrogen) atoms. The molecule has 0 radical (unpaired) electrons. The van der Waals surface area contributed by atoms with Crippen molar-refractivity contribution in [3.63, 3.8) is 0 Å². The summed E-state index contributed by atoms with van der Waals surface area (Å²) in [5.41, 5.74) is -0.451. The molecule has 174 valence electrons. The largest absolute Gasteiger partial charge is 0.472 e. The van der Waals surface area contributed by atoms with Gasteiger partial charge in [-0.1, -0.05) is 18.8 Å². The van der Waals surface area contributed by atoms with Gasteiger partial charge in [0.05, 0.1) is 19.2 Å². The van der Waals surface area contributed by atoms with Crippen LogP contribution in [0.1, 0.15) is 56.5 Å². The Morgan fingerprint density at radius 2 is 2.12 bits per heavy atom. The summed E-state index contributed by atoms with van der Waals surface area (Å²) in [6.07, 6.45) is 3.00. The highest BCUT2D eigenvalue weighted by atomic mass is 16.5. The number of carbonyl (C=O) groups excluding carboxylic acids is 2. The average molecular weight is 444 g/mol. The van der Waals surface area contributed by atoms with E-state index in [1.54, 1.807) is 43.7 Å². The fraction of sp³-hybridized carbons (Fsp3) is 0.625. The van der Waals surface area contributed by atoms with Gasteiger partial charge >= 0.3 is 0 Å². The maximum atomic E-state index is 13.4. The van der Waals surface area contributed by atoms with Crippen LogP contribution in [0.4, 0.5) is 0 Å². The quantitative estimate of drug-likeness (QED) is 0.665. The minimum Gasteiger partial charge on any atom is -0.472 e. The maximum absolute atomic E-state index is 13.4. The molecule has 0 bridgehead atoms. The molecule has 1 aliphatic heterocycles. The van der Waals surface area contributed by atoms with E-state index in [2.05, 4.69) is 16.8 Å². The van der Waals surface area contributed by atoms with Gasteiger partial charge < -0.3 is 24.7 Å². The second-order valence-electron chi connectivity index (χ2n) is 9.50. The Kier molecular flexibility index (Phi) is 7.11. The number of nitrogens with zero attached hydrogens (tertiary/aromatic N) is 3. The molecule has 1 aromatic heterocycles. The molecule has 2 amide bonds. The fourth-order valence-electron chi connectivity index (χ4n) is 3.62. The molecular formula is C24H33N3O5. The molecule has 8 heteroatoms. The number of aliphatic hydroxyl groups excluding tert-OH is 1. The van der Waals surface area contributed by atoms with Crippen LogP contribution in [0.25, 0.3) is 0 Å². The number of aliphatic hydroxyl groups is 2. The zero-order valence-electron chi connectivity index (χ0n) is 19.5. The molecule has 3 atom stereocenters. The molecule has 8 nitrogen and oxygen atoms in total. The van der Waals surface area contributed by atoms with Crippen molar-refractivity contribution in [2.24, 2.45) is 11.8 Å². The van der Waals surface area contributed by atoms with Crippen LogP contribution in [0, 0.1) is 23.7 Å². The molecule has 1 saturated carbocycles. The fourth-order valence-corrected chi connectivity index (χ4v) is 3.62. The number of fused-ring (bicyclic) bond motifs is 1. The summed E-state index contributed by atoms with van der Waals surface area (Å²) in [4.78, 5) is 33.5. The zero-order chi connectivity index (χ0) is 23.6. The minimum absolute atomic E-state index is 0.0907. The lowest BCUT2D eigenvalue weighted by atomic mass is 9.99. The number of likely N-dealkylation sites (N-methyl/N-ethyl adjacent to an activating group) is 1. The van der Waals surface area contributed by atoms with Gasteiger partial charge in [-0.05, 0) is 39.7 Å². The van der Waals surface area contributed by atoms with Gasteiger partial charge in [-0.15, -0.1) is 0 Å². The summed E-state index contributed by atoms with van der Waals surface area (Å²) < 4.78 is 6.19. The van der Waals surface area contributed by atoms with Crippen LogP contribution in [-0.2, 0) is 4.79 Å². The van der Waals surface area contributed by atoms with Crippen LogP contribution < -0.4 is 4.74 Å². The van der Waals surface area contributed by atoms with Gasteiger partial charge in [0.2, 0.25) is 11.8 Å². The Hall–Kier alpha value is -2.63. The van der Waals surface area contributed by atoms with Crippen LogP contribution in [0.5, 0.6) is 5.88 Å². The van der Waals surface area contributed by atoms with Crippen molar-refractivity contribution in [3.05, 3.63) is 23.4 Å². The number of hydrogen-bond acceptors (Lipinski definition) is 6. The molecule has 2 heterocycles. The Labute approximate surface area is 189 Å². The van der Waals surface area contributed by atoms with Gasteiger partial charge in [0.1, 0.15) is 17.3 Å². The SMILES string of the molecule is C[C@@H]1CN([C@@H](C)CO)C(=O)c2cc(C#CC(C)(C)O)cnc2O[C@@H]1CN(C)C(=O)C1CC1. The van der Waals surface area contributed by atoms with Crippen molar-refractivity contribution in [3.8, 4) is 17.7 Å². The third kappa shape index (κ3) is 5.78. The molecule has 0 saturated heterocycles. The molecule has 0 aromatic carbocycles. The number of ether oxygens (including phenoxy) is 1. The van der Waals surface area contributed by atoms with Crippen molar-refractivity contribution in [2.45, 2.75) is 58.3 Å². The summed E-state index contributed by atoms with van der Waals surface area (Å²) in [6, 6.07) is 1.21. The highest BCUT2D eigenvalue weighted by Gasteiger charge is 2.37. The predicted octanol–water partition coefficient (Wildman–Crippen LogP) is 1.29. The smallest absolute Gasteiger partial charge is 0.259 e. The predicted molar refractivity (Wildman–Crippen MR) is 119 cm³/mol. The van der Waals surface area contributed by atoms with Crippen LogP contribution in [0.3, 0.4) is 0 Å². The molecule has 2 N–H and O–H groups in total. The number of aromatic nitrogens is 1. The van der Waals surface area contributed by atoms with E-state index in [4.69, 9.17) is 4.74 Å². The number of rotatable bonds is 5. The molecular weight excluding hydrogens is 410 g/mol. The Balaban J connectivity index is 1.96. The van der Waals surface area contributed by atoms with E-state index in [0.717, 1.165) is 12.8 Å². The van der Waals surface area contributed by atoms with Crippen molar-refractivity contribution in [2.75, 3.05) is 26.7 Å². The van der Waals surface area contributed by atoms with E-state index in [0.29, 0.717) is 18.7 Å². The lowest BCUT2D eigenvalue weighted by Crippen LogP contribution is -2.50. The normalized spacial score (nSPS) is 22.0. The van der Waals surface area contributed by atoms with Gasteiger partial charge in [0.15, 0.2) is 0 Å². The minimum atomic E-state index is -1.18. The molecule has 2 aliphatic rings. The second kappa shape index (κ2) is 9.47. The number of hydrogen-bond donors (Lipinski definition) is 2. The summed E-state index contributed by atoms with van der Waals surface area (Å²) in [5.74, 6) is 5.58. The third-order valence-electron chi connectivity index (χ3n) is 5.79. The lowest BCUT2D eigenvalue weighted by molar-refractivity contribution is -0.132. The van der Waals surface area contributed by atoms with E-state index in [1.807, 2.05) is 6.92 Å². The van der Waals surface area contributed by atoms with Gasteiger partial charge in [0.25, 0.3) is 5.91 Å². The van der Waals surface area contributed by atoms with Crippen molar-refractivity contribution >= 4 is 11.8 Å². The lowest BCUT2D eigenvalue weighted by Gasteiger charge is -2.37. The number of amides is 2. The van der Waals surface area contributed by atoms with E-state index in [1.165, 1.54) is 6.20 Å². The van der Waals surface area contributed by atoms with Gasteiger partial charge in [-0.25, -0.2) is 4.98 Å². The van der Waals surface area contributed by atoms with Crippen molar-refractivity contribution in [1.29, 1.82) is 0 Å². The average Bonchev–Trinajstić information content (AvgIpc) is 3.58. The maximum Gasteiger partial charge on any atom is 0.259 e. The first kappa shape index (κ1) is 24.0. The van der Waals surface area contributed by atoms with E-state index < -0.39 is 11.6 Å². The molecule has 3 rings (SSSR count). The Morgan fingerprint density at radius 1 is 1.44 bits per heavy atom. The first-order valence-electron chi connectivity index (χ1n) is 11.1. The molecule has 0 spiro atoms. The topological polar surface area (TPSA) is 103 Å². The zero-order valence-corrected chi connectivity index (χ0v) is 19.5. The first-order chi connectivity index (χ1) is 15.0. The highest BCUT2D eigenvalue weighted by molar-refractivity contribution is 5.97. The van der Waals surface area contributed by atoms with Crippen LogP contribution in [-0.4, -0.2) is 81.3 Å². The van der Waals surface area contributed by atoms with E-state index in [9.17, 15) is 19.8 Å². The van der Waals surface area contributed by atoms with Crippen molar-refractivity contribution in [1.82, 2.24) is 14.8 Å². The van der Waals surface area contributed by atoms with Gasteiger partial charge in [-0.2, -0.15) is 0 Å². The number of carbonyl (C=O) groups is 2. The third-order valence-corrected chi connectivity index (χ3v) is 5.79. The first-order valence-corrected chi connectivity index (χ1v) is 11.1. The van der Waals surface area contributed by atoms with Crippen molar-refractivity contribution < 1.29 is 24.5 Å². The molecule has 0 unspecified atom stereocenters. The van der Waals surface area contributed by atoms with Crippen LogP contribution in [0.15, 0.2) is 12.3 Å². The second-order valence-corrected chi connectivity index (χ2v) is 9.50. The van der Waals surface area contributed by atoms with Gasteiger partial charge in [-0.3, -0.25) is 9.59 Å².